The van der Waals surface area contributed by atoms with E-state index < -0.39 is 9.84 Å². The van der Waals surface area contributed by atoms with Gasteiger partial charge in [0.1, 0.15) is 11.6 Å². The second-order valence-corrected chi connectivity index (χ2v) is 8.71. The summed E-state index contributed by atoms with van der Waals surface area (Å²) in [5.74, 6) is 0.245. The van der Waals surface area contributed by atoms with E-state index in [0.29, 0.717) is 16.3 Å². The highest BCUT2D eigenvalue weighted by Crippen LogP contribution is 2.35. The van der Waals surface area contributed by atoms with E-state index >= 15 is 0 Å². The molecule has 7 heteroatoms. The second-order valence-electron chi connectivity index (χ2n) is 5.99. The van der Waals surface area contributed by atoms with Gasteiger partial charge in [-0.25, -0.2) is 13.4 Å². The molecule has 0 radical (unpaired) electrons. The standard InChI is InChI=1S/C21H17ClN2O3S/c1-3-28(25,26)18-9-7-14(8-10-18)19-12-16(13-23)21(27-2)24-20(19)15-5-4-6-17(22)11-15/h4-12H,3H2,1-2H3. The van der Waals surface area contributed by atoms with Crippen molar-refractivity contribution in [2.45, 2.75) is 11.8 Å². The van der Waals surface area contributed by atoms with E-state index in [1.807, 2.05) is 12.1 Å². The van der Waals surface area contributed by atoms with Crippen LogP contribution >= 0.6 is 11.6 Å². The molecule has 0 aliphatic carbocycles. The van der Waals surface area contributed by atoms with Crippen LogP contribution in [0.1, 0.15) is 12.5 Å². The third-order valence-corrected chi connectivity index (χ3v) is 6.29. The zero-order valence-electron chi connectivity index (χ0n) is 15.3. The zero-order valence-corrected chi connectivity index (χ0v) is 16.9. The average Bonchev–Trinajstić information content (AvgIpc) is 2.72. The minimum Gasteiger partial charge on any atom is -0.480 e. The van der Waals surface area contributed by atoms with Crippen LogP contribution in [0.5, 0.6) is 5.88 Å². The lowest BCUT2D eigenvalue weighted by molar-refractivity contribution is 0.397. The summed E-state index contributed by atoms with van der Waals surface area (Å²) in [6.07, 6.45) is 0. The van der Waals surface area contributed by atoms with Crippen LogP contribution < -0.4 is 4.74 Å². The van der Waals surface area contributed by atoms with E-state index in [9.17, 15) is 13.7 Å². The van der Waals surface area contributed by atoms with Crippen molar-refractivity contribution in [3.63, 3.8) is 0 Å². The number of hydrogen-bond donors (Lipinski definition) is 0. The van der Waals surface area contributed by atoms with Gasteiger partial charge in [0.15, 0.2) is 9.84 Å². The number of aromatic nitrogens is 1. The van der Waals surface area contributed by atoms with Crippen molar-refractivity contribution in [2.75, 3.05) is 12.9 Å². The summed E-state index contributed by atoms with van der Waals surface area (Å²) in [5, 5.41) is 9.99. The fraction of sp³-hybridized carbons (Fsp3) is 0.143. The molecule has 0 spiro atoms. The summed E-state index contributed by atoms with van der Waals surface area (Å²) in [6, 6.07) is 17.5. The Kier molecular flexibility index (Phi) is 5.68. The highest BCUT2D eigenvalue weighted by atomic mass is 35.5. The number of ether oxygens (including phenoxy) is 1. The van der Waals surface area contributed by atoms with E-state index in [0.717, 1.165) is 11.1 Å². The molecule has 28 heavy (non-hydrogen) atoms. The molecule has 0 unspecified atom stereocenters. The van der Waals surface area contributed by atoms with Gasteiger partial charge in [-0.1, -0.05) is 42.8 Å². The average molecular weight is 413 g/mol. The Bertz CT molecular complexity index is 1170. The Morgan fingerprint density at radius 3 is 2.39 bits per heavy atom. The van der Waals surface area contributed by atoms with Gasteiger partial charge in [-0.3, -0.25) is 0 Å². The lowest BCUT2D eigenvalue weighted by Gasteiger charge is -2.13. The molecular weight excluding hydrogens is 396 g/mol. The van der Waals surface area contributed by atoms with Crippen molar-refractivity contribution in [1.82, 2.24) is 4.98 Å². The molecule has 5 nitrogen and oxygen atoms in total. The van der Waals surface area contributed by atoms with Crippen LogP contribution in [0.4, 0.5) is 0 Å². The number of methoxy groups -OCH3 is 1. The summed E-state index contributed by atoms with van der Waals surface area (Å²) < 4.78 is 29.4. The number of rotatable bonds is 5. The van der Waals surface area contributed by atoms with Crippen LogP contribution in [0.3, 0.4) is 0 Å². The lowest BCUT2D eigenvalue weighted by atomic mass is 9.98. The molecule has 0 saturated carbocycles. The van der Waals surface area contributed by atoms with Crippen molar-refractivity contribution in [2.24, 2.45) is 0 Å². The first-order valence-electron chi connectivity index (χ1n) is 8.48. The van der Waals surface area contributed by atoms with E-state index in [1.54, 1.807) is 49.4 Å². The van der Waals surface area contributed by atoms with Gasteiger partial charge in [-0.15, -0.1) is 0 Å². The molecular formula is C21H17ClN2O3S. The molecule has 0 bridgehead atoms. The Balaban J connectivity index is 2.23. The van der Waals surface area contributed by atoms with Gasteiger partial charge in [0.25, 0.3) is 0 Å². The molecule has 1 aromatic heterocycles. The van der Waals surface area contributed by atoms with Gasteiger partial charge >= 0.3 is 0 Å². The molecule has 0 atom stereocenters. The molecule has 0 N–H and O–H groups in total. The van der Waals surface area contributed by atoms with Gasteiger partial charge in [-0.2, -0.15) is 5.26 Å². The summed E-state index contributed by atoms with van der Waals surface area (Å²) in [7, 11) is -1.84. The smallest absolute Gasteiger partial charge is 0.232 e. The van der Waals surface area contributed by atoms with E-state index in [1.165, 1.54) is 7.11 Å². The van der Waals surface area contributed by atoms with Crippen LogP contribution in [-0.2, 0) is 9.84 Å². The van der Waals surface area contributed by atoms with Crippen molar-refractivity contribution in [3.05, 3.63) is 65.2 Å². The molecule has 3 aromatic rings. The number of nitriles is 1. The van der Waals surface area contributed by atoms with E-state index in [4.69, 9.17) is 16.3 Å². The van der Waals surface area contributed by atoms with Gasteiger partial charge < -0.3 is 4.74 Å². The Morgan fingerprint density at radius 1 is 1.11 bits per heavy atom. The fourth-order valence-corrected chi connectivity index (χ4v) is 3.89. The Hall–Kier alpha value is -2.88. The quantitative estimate of drug-likeness (QED) is 0.604. The van der Waals surface area contributed by atoms with E-state index in [2.05, 4.69) is 11.1 Å². The molecule has 0 amide bonds. The molecule has 0 saturated heterocycles. The van der Waals surface area contributed by atoms with Crippen LogP contribution in [0.15, 0.2) is 59.5 Å². The third kappa shape index (κ3) is 3.86. The van der Waals surface area contributed by atoms with Gasteiger partial charge in [0, 0.05) is 16.1 Å². The van der Waals surface area contributed by atoms with Crippen molar-refractivity contribution in [1.29, 1.82) is 5.26 Å². The maximum Gasteiger partial charge on any atom is 0.232 e. The summed E-state index contributed by atoms with van der Waals surface area (Å²) >= 11 is 6.13. The third-order valence-electron chi connectivity index (χ3n) is 4.30. The molecule has 0 aliphatic heterocycles. The summed E-state index contributed by atoms with van der Waals surface area (Å²) in [6.45, 7) is 1.60. The number of pyridine rings is 1. The highest BCUT2D eigenvalue weighted by molar-refractivity contribution is 7.91. The SMILES string of the molecule is CCS(=O)(=O)c1ccc(-c2cc(C#N)c(OC)nc2-c2cccc(Cl)c2)cc1. The number of hydrogen-bond acceptors (Lipinski definition) is 5. The maximum atomic E-state index is 12.1. The lowest BCUT2D eigenvalue weighted by Crippen LogP contribution is -2.03. The first-order valence-corrected chi connectivity index (χ1v) is 10.5. The minimum absolute atomic E-state index is 0.0305. The van der Waals surface area contributed by atoms with Gasteiger partial charge in [0.05, 0.1) is 23.5 Å². The van der Waals surface area contributed by atoms with Crippen LogP contribution in [-0.4, -0.2) is 26.3 Å². The zero-order chi connectivity index (χ0) is 20.3. The van der Waals surface area contributed by atoms with Gasteiger partial charge in [0.2, 0.25) is 5.88 Å². The van der Waals surface area contributed by atoms with Crippen molar-refractivity contribution < 1.29 is 13.2 Å². The number of nitrogens with zero attached hydrogens (tertiary/aromatic N) is 2. The molecule has 142 valence electrons. The Morgan fingerprint density at radius 2 is 1.82 bits per heavy atom. The number of halogens is 1. The highest BCUT2D eigenvalue weighted by Gasteiger charge is 2.17. The van der Waals surface area contributed by atoms with Crippen LogP contribution in [0, 0.1) is 11.3 Å². The van der Waals surface area contributed by atoms with Crippen molar-refractivity contribution >= 4 is 21.4 Å². The van der Waals surface area contributed by atoms with Crippen LogP contribution in [0.2, 0.25) is 5.02 Å². The normalized spacial score (nSPS) is 11.1. The van der Waals surface area contributed by atoms with Crippen LogP contribution in [0.25, 0.3) is 22.4 Å². The molecule has 2 aromatic carbocycles. The Labute approximate surface area is 169 Å². The summed E-state index contributed by atoms with van der Waals surface area (Å²) in [5.41, 5.74) is 3.05. The minimum atomic E-state index is -3.29. The molecule has 0 fully saturated rings. The number of benzene rings is 2. The van der Waals surface area contributed by atoms with Gasteiger partial charge in [-0.05, 0) is 35.9 Å². The first-order chi connectivity index (χ1) is 13.4. The molecule has 1 heterocycles. The topological polar surface area (TPSA) is 80.0 Å². The number of sulfone groups is 1. The molecule has 3 rings (SSSR count). The largest absolute Gasteiger partial charge is 0.480 e. The van der Waals surface area contributed by atoms with Crippen molar-refractivity contribution in [3.8, 4) is 34.3 Å². The first kappa shape index (κ1) is 19.9. The monoisotopic (exact) mass is 412 g/mol. The fourth-order valence-electron chi connectivity index (χ4n) is 2.82. The molecule has 0 aliphatic rings. The van der Waals surface area contributed by atoms with E-state index in [-0.39, 0.29) is 22.1 Å². The predicted octanol–water partition coefficient (Wildman–Crippen LogP) is 4.74. The predicted molar refractivity (Wildman–Crippen MR) is 109 cm³/mol. The summed E-state index contributed by atoms with van der Waals surface area (Å²) in [4.78, 5) is 4.77. The maximum absolute atomic E-state index is 12.1. The second kappa shape index (κ2) is 8.01.